The van der Waals surface area contributed by atoms with Crippen molar-refractivity contribution in [3.8, 4) is 23.5 Å². The van der Waals surface area contributed by atoms with Crippen LogP contribution in [0.5, 0.6) is 23.5 Å². The molecular weight excluding hydrogens is 310 g/mol. The van der Waals surface area contributed by atoms with Crippen LogP contribution in [-0.4, -0.2) is 40.2 Å². The van der Waals surface area contributed by atoms with Crippen molar-refractivity contribution in [2.24, 2.45) is 0 Å². The molecule has 1 heterocycles. The smallest absolute Gasteiger partial charge is 0.346 e. The molecule has 1 aromatic heterocycles. The molecule has 0 amide bonds. The summed E-state index contributed by atoms with van der Waals surface area (Å²) in [7, 11) is 2.73. The first kappa shape index (κ1) is 15.9. The van der Waals surface area contributed by atoms with Crippen molar-refractivity contribution in [3.63, 3.8) is 0 Å². The van der Waals surface area contributed by atoms with Crippen molar-refractivity contribution in [3.05, 3.63) is 39.9 Å². The van der Waals surface area contributed by atoms with Crippen LogP contribution in [0.15, 0.2) is 24.3 Å². The van der Waals surface area contributed by atoms with Gasteiger partial charge in [0.25, 0.3) is 5.69 Å². The number of carboxylic acids is 1. The molecule has 0 aliphatic carbocycles. The van der Waals surface area contributed by atoms with Gasteiger partial charge in [0.05, 0.1) is 25.2 Å². The summed E-state index contributed by atoms with van der Waals surface area (Å²) in [5.74, 6) is -1.55. The average molecular weight is 321 g/mol. The van der Waals surface area contributed by atoms with Gasteiger partial charge in [0.15, 0.2) is 11.3 Å². The molecule has 1 N–H and O–H groups in total. The van der Waals surface area contributed by atoms with E-state index in [2.05, 4.69) is 9.97 Å². The predicted octanol–water partition coefficient (Wildman–Crippen LogP) is 1.89. The van der Waals surface area contributed by atoms with Crippen LogP contribution in [0.25, 0.3) is 0 Å². The van der Waals surface area contributed by atoms with Crippen LogP contribution in [-0.2, 0) is 0 Å². The van der Waals surface area contributed by atoms with Gasteiger partial charge in [-0.3, -0.25) is 10.1 Å². The third kappa shape index (κ3) is 3.43. The molecule has 0 saturated heterocycles. The summed E-state index contributed by atoms with van der Waals surface area (Å²) in [5, 5.41) is 20.1. The molecule has 10 nitrogen and oxygen atoms in total. The van der Waals surface area contributed by atoms with Crippen LogP contribution >= 0.6 is 0 Å². The van der Waals surface area contributed by atoms with E-state index in [1.54, 1.807) is 0 Å². The van der Waals surface area contributed by atoms with Crippen molar-refractivity contribution < 1.29 is 29.0 Å². The zero-order valence-electron chi connectivity index (χ0n) is 12.0. The summed E-state index contributed by atoms with van der Waals surface area (Å²) >= 11 is 0. The monoisotopic (exact) mass is 321 g/mol. The van der Waals surface area contributed by atoms with Crippen LogP contribution in [0.4, 0.5) is 5.69 Å². The standard InChI is InChI=1S/C13H11N3O7/c1-21-9-6-10(22-2)15-13(14-9)23-8-5-3-4-7(16(19)20)11(8)12(17)18/h3-6H,1-2H3,(H,17,18). The Kier molecular flexibility index (Phi) is 4.55. The van der Waals surface area contributed by atoms with Gasteiger partial charge in [-0.15, -0.1) is 0 Å². The van der Waals surface area contributed by atoms with Crippen molar-refractivity contribution in [1.82, 2.24) is 9.97 Å². The highest BCUT2D eigenvalue weighted by atomic mass is 16.6. The molecule has 0 radical (unpaired) electrons. The Morgan fingerprint density at radius 1 is 1.22 bits per heavy atom. The number of hydrogen-bond acceptors (Lipinski definition) is 8. The number of carboxylic acid groups (broad SMARTS) is 1. The highest BCUT2D eigenvalue weighted by molar-refractivity contribution is 5.95. The van der Waals surface area contributed by atoms with Gasteiger partial charge in [-0.25, -0.2) is 4.79 Å². The highest BCUT2D eigenvalue weighted by Crippen LogP contribution is 2.31. The van der Waals surface area contributed by atoms with Crippen LogP contribution in [0.1, 0.15) is 10.4 Å². The molecule has 0 atom stereocenters. The topological polar surface area (TPSA) is 134 Å². The lowest BCUT2D eigenvalue weighted by atomic mass is 10.1. The van der Waals surface area contributed by atoms with Crippen LogP contribution < -0.4 is 14.2 Å². The molecule has 0 bridgehead atoms. The van der Waals surface area contributed by atoms with E-state index in [4.69, 9.17) is 14.2 Å². The largest absolute Gasteiger partial charge is 0.481 e. The van der Waals surface area contributed by atoms with E-state index in [1.165, 1.54) is 32.4 Å². The van der Waals surface area contributed by atoms with Crippen LogP contribution in [0, 0.1) is 10.1 Å². The predicted molar refractivity (Wildman–Crippen MR) is 75.3 cm³/mol. The first-order valence-electron chi connectivity index (χ1n) is 6.12. The second-order valence-corrected chi connectivity index (χ2v) is 4.05. The molecule has 0 aliphatic heterocycles. The number of rotatable bonds is 6. The lowest BCUT2D eigenvalue weighted by molar-refractivity contribution is -0.385. The Morgan fingerprint density at radius 2 is 1.83 bits per heavy atom. The van der Waals surface area contributed by atoms with Crippen LogP contribution in [0.3, 0.4) is 0 Å². The Labute approximate surface area is 129 Å². The van der Waals surface area contributed by atoms with E-state index >= 15 is 0 Å². The number of nitro benzene ring substituents is 1. The molecule has 0 spiro atoms. The Hall–Kier alpha value is -3.43. The van der Waals surface area contributed by atoms with Gasteiger partial charge < -0.3 is 19.3 Å². The quantitative estimate of drug-likeness (QED) is 0.625. The van der Waals surface area contributed by atoms with E-state index < -0.39 is 22.1 Å². The van der Waals surface area contributed by atoms with Gasteiger partial charge in [-0.2, -0.15) is 9.97 Å². The minimum atomic E-state index is -1.51. The molecule has 2 rings (SSSR count). The summed E-state index contributed by atoms with van der Waals surface area (Å²) in [5.41, 5.74) is -1.22. The van der Waals surface area contributed by atoms with E-state index in [1.807, 2.05) is 0 Å². The summed E-state index contributed by atoms with van der Waals surface area (Å²) in [6, 6.07) is 4.72. The summed E-state index contributed by atoms with van der Waals surface area (Å²) in [6.07, 6.45) is 0. The molecule has 0 unspecified atom stereocenters. The average Bonchev–Trinajstić information content (AvgIpc) is 2.53. The van der Waals surface area contributed by atoms with Gasteiger partial charge in [0.2, 0.25) is 11.8 Å². The maximum Gasteiger partial charge on any atom is 0.346 e. The van der Waals surface area contributed by atoms with Crippen molar-refractivity contribution in [1.29, 1.82) is 0 Å². The Morgan fingerprint density at radius 3 is 2.30 bits per heavy atom. The lowest BCUT2D eigenvalue weighted by Gasteiger charge is -2.09. The van der Waals surface area contributed by atoms with E-state index in [0.29, 0.717) is 0 Å². The second-order valence-electron chi connectivity index (χ2n) is 4.05. The third-order valence-electron chi connectivity index (χ3n) is 2.69. The van der Waals surface area contributed by atoms with Crippen molar-refractivity contribution >= 4 is 11.7 Å². The number of nitrogens with zero attached hydrogens (tertiary/aromatic N) is 3. The number of ether oxygens (including phenoxy) is 3. The molecule has 120 valence electrons. The molecule has 0 fully saturated rings. The molecular formula is C13H11N3O7. The maximum atomic E-state index is 11.3. The van der Waals surface area contributed by atoms with E-state index in [-0.39, 0.29) is 23.5 Å². The van der Waals surface area contributed by atoms with Gasteiger partial charge in [-0.05, 0) is 6.07 Å². The number of nitro groups is 1. The van der Waals surface area contributed by atoms with Gasteiger partial charge in [0, 0.05) is 6.07 Å². The molecule has 0 aliphatic rings. The number of hydrogen-bond donors (Lipinski definition) is 1. The molecule has 0 saturated carbocycles. The summed E-state index contributed by atoms with van der Waals surface area (Å²) < 4.78 is 15.2. The molecule has 1 aromatic carbocycles. The van der Waals surface area contributed by atoms with Gasteiger partial charge >= 0.3 is 12.0 Å². The molecule has 2 aromatic rings. The Balaban J connectivity index is 2.50. The van der Waals surface area contributed by atoms with Gasteiger partial charge in [0.1, 0.15) is 0 Å². The fourth-order valence-corrected chi connectivity index (χ4v) is 1.71. The van der Waals surface area contributed by atoms with E-state index in [9.17, 15) is 20.0 Å². The zero-order valence-corrected chi connectivity index (χ0v) is 12.0. The molecule has 10 heteroatoms. The highest BCUT2D eigenvalue weighted by Gasteiger charge is 2.25. The minimum Gasteiger partial charge on any atom is -0.481 e. The minimum absolute atomic E-state index is 0.120. The summed E-state index contributed by atoms with van der Waals surface area (Å²) in [4.78, 5) is 29.2. The lowest BCUT2D eigenvalue weighted by Crippen LogP contribution is -2.06. The summed E-state index contributed by atoms with van der Waals surface area (Å²) in [6.45, 7) is 0. The van der Waals surface area contributed by atoms with Gasteiger partial charge in [-0.1, -0.05) is 6.07 Å². The third-order valence-corrected chi connectivity index (χ3v) is 2.69. The molecule has 23 heavy (non-hydrogen) atoms. The van der Waals surface area contributed by atoms with Crippen LogP contribution in [0.2, 0.25) is 0 Å². The normalized spacial score (nSPS) is 10.0. The first-order valence-corrected chi connectivity index (χ1v) is 6.12. The van der Waals surface area contributed by atoms with Crippen molar-refractivity contribution in [2.75, 3.05) is 14.2 Å². The zero-order chi connectivity index (χ0) is 17.0. The number of benzene rings is 1. The Bertz CT molecular complexity index is 741. The fraction of sp³-hybridized carbons (Fsp3) is 0.154. The number of methoxy groups -OCH3 is 2. The number of aromatic carboxylic acids is 1. The first-order chi connectivity index (χ1) is 11.0. The van der Waals surface area contributed by atoms with E-state index in [0.717, 1.165) is 6.07 Å². The number of aromatic nitrogens is 2. The number of carbonyl (C=O) groups is 1. The SMILES string of the molecule is COc1cc(OC)nc(Oc2cccc([N+](=O)[O-])c2C(=O)O)n1. The second kappa shape index (κ2) is 6.56. The van der Waals surface area contributed by atoms with Crippen molar-refractivity contribution in [2.45, 2.75) is 0 Å². The maximum absolute atomic E-state index is 11.3. The fourth-order valence-electron chi connectivity index (χ4n) is 1.71.